The zero-order chi connectivity index (χ0) is 10.6. The second-order valence-electron chi connectivity index (χ2n) is 3.27. The lowest BCUT2D eigenvalue weighted by molar-refractivity contribution is -0.124. The average Bonchev–Trinajstić information content (AvgIpc) is 2.50. The Hall–Kier alpha value is -0.750. The molecule has 6 heteroatoms. The lowest BCUT2D eigenvalue weighted by Crippen LogP contribution is -2.35. The molecular formula is C8H15N3O2S. The maximum absolute atomic E-state index is 11.4. The van der Waals surface area contributed by atoms with Gasteiger partial charge in [-0.05, 0) is 6.92 Å². The van der Waals surface area contributed by atoms with Gasteiger partial charge < -0.3 is 11.1 Å². The van der Waals surface area contributed by atoms with Crippen LogP contribution < -0.4 is 11.1 Å². The van der Waals surface area contributed by atoms with Gasteiger partial charge in [0.05, 0.1) is 5.75 Å². The van der Waals surface area contributed by atoms with Crippen LogP contribution in [-0.4, -0.2) is 47.5 Å². The molecule has 0 aromatic heterocycles. The van der Waals surface area contributed by atoms with Crippen molar-refractivity contribution >= 4 is 23.7 Å². The summed E-state index contributed by atoms with van der Waals surface area (Å²) >= 11 is 1.46. The number of rotatable bonds is 4. The molecule has 1 rings (SSSR count). The summed E-state index contributed by atoms with van der Waals surface area (Å²) in [5.41, 5.74) is 5.53. The summed E-state index contributed by atoms with van der Waals surface area (Å²) < 4.78 is 0. The third kappa shape index (κ3) is 3.19. The minimum absolute atomic E-state index is 0.0835. The predicted molar refractivity (Wildman–Crippen MR) is 56.1 cm³/mol. The van der Waals surface area contributed by atoms with E-state index in [1.165, 1.54) is 16.7 Å². The molecule has 3 N–H and O–H groups in total. The molecule has 1 unspecified atom stereocenters. The van der Waals surface area contributed by atoms with Gasteiger partial charge in [-0.25, -0.2) is 4.79 Å². The van der Waals surface area contributed by atoms with E-state index in [1.807, 2.05) is 6.92 Å². The van der Waals surface area contributed by atoms with Crippen LogP contribution in [0.3, 0.4) is 0 Å². The molecule has 3 amide bonds. The monoisotopic (exact) mass is 217 g/mol. The topological polar surface area (TPSA) is 75.4 Å². The second-order valence-corrected chi connectivity index (χ2v) is 4.30. The summed E-state index contributed by atoms with van der Waals surface area (Å²) in [5, 5.41) is 2.58. The van der Waals surface area contributed by atoms with E-state index in [4.69, 9.17) is 5.73 Å². The highest BCUT2D eigenvalue weighted by Crippen LogP contribution is 2.06. The maximum atomic E-state index is 11.4. The Bertz CT molecular complexity index is 233. The fourth-order valence-electron chi connectivity index (χ4n) is 1.12. The molecular weight excluding hydrogens is 202 g/mol. The van der Waals surface area contributed by atoms with Gasteiger partial charge in [0.2, 0.25) is 5.91 Å². The van der Waals surface area contributed by atoms with Crippen molar-refractivity contribution < 1.29 is 9.59 Å². The number of nitrogens with one attached hydrogen (secondary N) is 1. The normalized spacial score (nSPS) is 18.1. The number of urea groups is 1. The molecule has 5 nitrogen and oxygen atoms in total. The van der Waals surface area contributed by atoms with E-state index in [-0.39, 0.29) is 18.0 Å². The summed E-state index contributed by atoms with van der Waals surface area (Å²) in [6, 6.07) is -0.198. The molecule has 0 aliphatic carbocycles. The lowest BCUT2D eigenvalue weighted by Gasteiger charge is -2.11. The Labute approximate surface area is 87.4 Å². The Kier molecular flexibility index (Phi) is 4.21. The van der Waals surface area contributed by atoms with E-state index in [2.05, 4.69) is 5.32 Å². The van der Waals surface area contributed by atoms with E-state index >= 15 is 0 Å². The van der Waals surface area contributed by atoms with Crippen LogP contribution in [0.5, 0.6) is 0 Å². The zero-order valence-electron chi connectivity index (χ0n) is 8.16. The van der Waals surface area contributed by atoms with Crippen molar-refractivity contribution in [3.63, 3.8) is 0 Å². The summed E-state index contributed by atoms with van der Waals surface area (Å²) in [5.74, 6) is 0.932. The molecule has 0 spiro atoms. The molecule has 1 fully saturated rings. The molecule has 0 saturated carbocycles. The number of thioether (sulfide) groups is 1. The van der Waals surface area contributed by atoms with Gasteiger partial charge in [-0.3, -0.25) is 9.69 Å². The number of nitrogens with zero attached hydrogens (tertiary/aromatic N) is 1. The van der Waals surface area contributed by atoms with Gasteiger partial charge >= 0.3 is 6.03 Å². The maximum Gasteiger partial charge on any atom is 0.324 e. The Morgan fingerprint density at radius 3 is 3.00 bits per heavy atom. The smallest absolute Gasteiger partial charge is 0.324 e. The molecule has 80 valence electrons. The van der Waals surface area contributed by atoms with Gasteiger partial charge in [0.1, 0.15) is 0 Å². The van der Waals surface area contributed by atoms with Crippen molar-refractivity contribution in [2.24, 2.45) is 5.73 Å². The summed E-state index contributed by atoms with van der Waals surface area (Å²) in [7, 11) is 0. The largest absolute Gasteiger partial charge is 0.336 e. The van der Waals surface area contributed by atoms with Crippen molar-refractivity contribution in [1.29, 1.82) is 0 Å². The first kappa shape index (κ1) is 11.3. The van der Waals surface area contributed by atoms with Crippen LogP contribution >= 0.6 is 11.8 Å². The Morgan fingerprint density at radius 1 is 1.79 bits per heavy atom. The SMILES string of the molecule is CC(N)CSCC(=O)N1CCNC1=O. The summed E-state index contributed by atoms with van der Waals surface area (Å²) in [6.07, 6.45) is 0. The summed E-state index contributed by atoms with van der Waals surface area (Å²) in [4.78, 5) is 23.8. The van der Waals surface area contributed by atoms with Gasteiger partial charge in [-0.1, -0.05) is 0 Å². The van der Waals surface area contributed by atoms with Crippen molar-refractivity contribution in [3.8, 4) is 0 Å². The number of amides is 3. The highest BCUT2D eigenvalue weighted by molar-refractivity contribution is 7.99. The van der Waals surface area contributed by atoms with E-state index in [1.54, 1.807) is 0 Å². The Morgan fingerprint density at radius 2 is 2.50 bits per heavy atom. The molecule has 0 aromatic rings. The standard InChI is InChI=1S/C8H15N3O2S/c1-6(9)4-14-5-7(12)11-3-2-10-8(11)13/h6H,2-5,9H2,1H3,(H,10,13). The van der Waals surface area contributed by atoms with Crippen LogP contribution in [0.2, 0.25) is 0 Å². The van der Waals surface area contributed by atoms with Crippen molar-refractivity contribution in [2.45, 2.75) is 13.0 Å². The van der Waals surface area contributed by atoms with Crippen LogP contribution in [0.4, 0.5) is 4.79 Å². The van der Waals surface area contributed by atoms with Crippen LogP contribution in [0.1, 0.15) is 6.92 Å². The van der Waals surface area contributed by atoms with Crippen LogP contribution in [0, 0.1) is 0 Å². The molecule has 1 saturated heterocycles. The van der Waals surface area contributed by atoms with E-state index in [0.717, 1.165) is 5.75 Å². The highest BCUT2D eigenvalue weighted by Gasteiger charge is 2.25. The number of hydrogen-bond acceptors (Lipinski definition) is 4. The van der Waals surface area contributed by atoms with Gasteiger partial charge in [0.25, 0.3) is 0 Å². The zero-order valence-corrected chi connectivity index (χ0v) is 8.97. The van der Waals surface area contributed by atoms with E-state index in [9.17, 15) is 9.59 Å². The van der Waals surface area contributed by atoms with Crippen LogP contribution in [-0.2, 0) is 4.79 Å². The second kappa shape index (κ2) is 5.21. The lowest BCUT2D eigenvalue weighted by atomic mass is 10.4. The van der Waals surface area contributed by atoms with Gasteiger partial charge in [0, 0.05) is 24.9 Å². The third-order valence-electron chi connectivity index (χ3n) is 1.76. The molecule has 1 aliphatic rings. The fourth-order valence-corrected chi connectivity index (χ4v) is 1.94. The summed E-state index contributed by atoms with van der Waals surface area (Å²) in [6.45, 7) is 2.93. The van der Waals surface area contributed by atoms with E-state index in [0.29, 0.717) is 18.8 Å². The molecule has 0 radical (unpaired) electrons. The number of imide groups is 1. The molecule has 1 aliphatic heterocycles. The first-order chi connectivity index (χ1) is 6.61. The third-order valence-corrected chi connectivity index (χ3v) is 2.98. The first-order valence-corrected chi connectivity index (χ1v) is 5.68. The molecule has 0 bridgehead atoms. The number of carbonyl (C=O) groups excluding carboxylic acids is 2. The molecule has 0 aromatic carbocycles. The molecule has 1 heterocycles. The number of carbonyl (C=O) groups is 2. The molecule has 14 heavy (non-hydrogen) atoms. The van der Waals surface area contributed by atoms with Crippen LogP contribution in [0.15, 0.2) is 0 Å². The fraction of sp³-hybridized carbons (Fsp3) is 0.750. The quantitative estimate of drug-likeness (QED) is 0.673. The van der Waals surface area contributed by atoms with Crippen molar-refractivity contribution in [2.75, 3.05) is 24.6 Å². The first-order valence-electron chi connectivity index (χ1n) is 4.53. The van der Waals surface area contributed by atoms with Gasteiger partial charge in [-0.2, -0.15) is 11.8 Å². The average molecular weight is 217 g/mol. The predicted octanol–water partition coefficient (Wildman–Crippen LogP) is -0.381. The van der Waals surface area contributed by atoms with Gasteiger partial charge in [0.15, 0.2) is 0 Å². The van der Waals surface area contributed by atoms with Crippen LogP contribution in [0.25, 0.3) is 0 Å². The van der Waals surface area contributed by atoms with Gasteiger partial charge in [-0.15, -0.1) is 0 Å². The number of nitrogens with two attached hydrogens (primary N) is 1. The number of hydrogen-bond donors (Lipinski definition) is 2. The Balaban J connectivity index is 2.24. The minimum atomic E-state index is -0.281. The van der Waals surface area contributed by atoms with Crippen molar-refractivity contribution in [1.82, 2.24) is 10.2 Å². The highest BCUT2D eigenvalue weighted by atomic mass is 32.2. The van der Waals surface area contributed by atoms with E-state index < -0.39 is 0 Å². The minimum Gasteiger partial charge on any atom is -0.336 e. The molecule has 1 atom stereocenters. The van der Waals surface area contributed by atoms with Crippen molar-refractivity contribution in [3.05, 3.63) is 0 Å².